The van der Waals surface area contributed by atoms with Gasteiger partial charge in [0.05, 0.1) is 4.90 Å². The Morgan fingerprint density at radius 1 is 1.17 bits per heavy atom. The van der Waals surface area contributed by atoms with E-state index < -0.39 is 10.0 Å². The van der Waals surface area contributed by atoms with Gasteiger partial charge in [0.25, 0.3) is 0 Å². The first-order valence-corrected chi connectivity index (χ1v) is 11.8. The van der Waals surface area contributed by atoms with Crippen LogP contribution >= 0.6 is 15.9 Å². The lowest BCUT2D eigenvalue weighted by molar-refractivity contribution is -0.121. The molecule has 156 valence electrons. The maximum absolute atomic E-state index is 12.2. The summed E-state index contributed by atoms with van der Waals surface area (Å²) in [5, 5.41) is 2.80. The molecule has 0 atom stereocenters. The molecule has 1 aliphatic carbocycles. The van der Waals surface area contributed by atoms with E-state index in [0.717, 1.165) is 22.9 Å². The van der Waals surface area contributed by atoms with Crippen LogP contribution in [0.2, 0.25) is 0 Å². The third-order valence-corrected chi connectivity index (χ3v) is 6.68. The molecule has 1 fully saturated rings. The molecule has 9 heteroatoms. The molecule has 0 unspecified atom stereocenters. The van der Waals surface area contributed by atoms with Gasteiger partial charge < -0.3 is 10.1 Å². The Labute approximate surface area is 179 Å². The summed E-state index contributed by atoms with van der Waals surface area (Å²) >= 11 is 3.27. The fourth-order valence-corrected chi connectivity index (χ4v) is 4.40. The van der Waals surface area contributed by atoms with Gasteiger partial charge in [0.2, 0.25) is 21.8 Å². The first-order valence-electron chi connectivity index (χ1n) is 9.56. The molecule has 1 aliphatic rings. The highest BCUT2D eigenvalue weighted by molar-refractivity contribution is 9.10. The second-order valence-corrected chi connectivity index (χ2v) is 9.55. The Morgan fingerprint density at radius 2 is 1.90 bits per heavy atom. The van der Waals surface area contributed by atoms with Gasteiger partial charge in [-0.05, 0) is 56.0 Å². The molecule has 2 aromatic rings. The fraction of sp³-hybridized carbons (Fsp3) is 0.400. The highest BCUT2D eigenvalue weighted by Gasteiger charge is 2.19. The average Bonchev–Trinajstić information content (AvgIpc) is 3.20. The average molecular weight is 482 g/mol. The van der Waals surface area contributed by atoms with Crippen molar-refractivity contribution in [3.63, 3.8) is 0 Å². The van der Waals surface area contributed by atoms with Gasteiger partial charge in [-0.2, -0.15) is 0 Å². The molecule has 1 aromatic carbocycles. The Balaban J connectivity index is 1.46. The first kappa shape index (κ1) is 21.7. The lowest BCUT2D eigenvalue weighted by Crippen LogP contribution is -2.30. The smallest absolute Gasteiger partial charge is 0.240 e. The van der Waals surface area contributed by atoms with E-state index in [0.29, 0.717) is 5.88 Å². The molecular weight excluding hydrogens is 458 g/mol. The van der Waals surface area contributed by atoms with Gasteiger partial charge in [-0.1, -0.05) is 22.0 Å². The molecule has 1 aromatic heterocycles. The maximum atomic E-state index is 12.2. The van der Waals surface area contributed by atoms with Crippen LogP contribution in [0.5, 0.6) is 5.88 Å². The van der Waals surface area contributed by atoms with E-state index in [2.05, 4.69) is 31.0 Å². The number of sulfonamides is 1. The van der Waals surface area contributed by atoms with Crippen molar-refractivity contribution < 1.29 is 17.9 Å². The lowest BCUT2D eigenvalue weighted by Gasteiger charge is -2.15. The van der Waals surface area contributed by atoms with Crippen molar-refractivity contribution in [3.8, 4) is 5.88 Å². The predicted octanol–water partition coefficient (Wildman–Crippen LogP) is 3.15. The minimum absolute atomic E-state index is 0.0166. The van der Waals surface area contributed by atoms with E-state index in [-0.39, 0.29) is 36.4 Å². The number of benzene rings is 1. The number of nitrogens with one attached hydrogen (secondary N) is 2. The summed E-state index contributed by atoms with van der Waals surface area (Å²) in [6.07, 6.45) is 6.29. The van der Waals surface area contributed by atoms with Crippen molar-refractivity contribution in [2.24, 2.45) is 0 Å². The number of nitrogens with zero attached hydrogens (tertiary/aromatic N) is 1. The number of hydrogen-bond acceptors (Lipinski definition) is 5. The van der Waals surface area contributed by atoms with Crippen molar-refractivity contribution in [1.82, 2.24) is 15.0 Å². The van der Waals surface area contributed by atoms with Crippen LogP contribution in [0, 0.1) is 0 Å². The molecular formula is C20H24BrN3O4S. The van der Waals surface area contributed by atoms with E-state index in [4.69, 9.17) is 4.74 Å². The molecule has 1 heterocycles. The molecule has 0 spiro atoms. The molecule has 7 nitrogen and oxygen atoms in total. The number of rotatable bonds is 9. The van der Waals surface area contributed by atoms with Gasteiger partial charge in [-0.25, -0.2) is 18.1 Å². The third kappa shape index (κ3) is 6.52. The highest BCUT2D eigenvalue weighted by atomic mass is 79.9. The minimum atomic E-state index is -3.64. The second-order valence-electron chi connectivity index (χ2n) is 6.87. The normalized spacial score (nSPS) is 14.7. The zero-order chi connectivity index (χ0) is 20.7. The molecule has 1 saturated carbocycles. The van der Waals surface area contributed by atoms with Crippen molar-refractivity contribution >= 4 is 31.9 Å². The first-order chi connectivity index (χ1) is 13.9. The molecule has 0 bridgehead atoms. The number of pyridine rings is 1. The van der Waals surface area contributed by atoms with Crippen LogP contribution in [0.15, 0.2) is 52.0 Å². The lowest BCUT2D eigenvalue weighted by atomic mass is 10.2. The van der Waals surface area contributed by atoms with Crippen LogP contribution in [0.1, 0.15) is 37.7 Å². The van der Waals surface area contributed by atoms with Crippen molar-refractivity contribution in [1.29, 1.82) is 0 Å². The zero-order valence-corrected chi connectivity index (χ0v) is 18.3. The van der Waals surface area contributed by atoms with Gasteiger partial charge in [-0.3, -0.25) is 4.79 Å². The summed E-state index contributed by atoms with van der Waals surface area (Å²) in [7, 11) is -3.64. The van der Waals surface area contributed by atoms with Gasteiger partial charge in [0, 0.05) is 35.7 Å². The van der Waals surface area contributed by atoms with Crippen LogP contribution < -0.4 is 14.8 Å². The van der Waals surface area contributed by atoms with Gasteiger partial charge in [0.15, 0.2) is 0 Å². The zero-order valence-electron chi connectivity index (χ0n) is 15.9. The molecule has 0 radical (unpaired) electrons. The summed E-state index contributed by atoms with van der Waals surface area (Å²) in [5.74, 6) is 0.301. The van der Waals surface area contributed by atoms with E-state index in [1.54, 1.807) is 24.4 Å². The van der Waals surface area contributed by atoms with Crippen LogP contribution in [-0.2, 0) is 21.4 Å². The summed E-state index contributed by atoms with van der Waals surface area (Å²) < 4.78 is 33.7. The second kappa shape index (κ2) is 10.2. The van der Waals surface area contributed by atoms with Crippen LogP contribution in [0.4, 0.5) is 0 Å². The monoisotopic (exact) mass is 481 g/mol. The number of carbonyl (C=O) groups excluding carboxylic acids is 1. The third-order valence-electron chi connectivity index (χ3n) is 4.67. The molecule has 1 amide bonds. The standard InChI is InChI=1S/C20H24BrN3O4S/c21-16-7-9-18(10-8-16)29(26,27)24-13-11-19(25)23-14-15-4-3-12-22-20(15)28-17-5-1-2-6-17/h3-4,7-10,12,17,24H,1-2,5-6,11,13-14H2,(H,23,25). The van der Waals surface area contributed by atoms with Gasteiger partial charge >= 0.3 is 0 Å². The van der Waals surface area contributed by atoms with Crippen LogP contribution in [0.3, 0.4) is 0 Å². The number of aromatic nitrogens is 1. The summed E-state index contributed by atoms with van der Waals surface area (Å²) in [4.78, 5) is 16.6. The van der Waals surface area contributed by atoms with Crippen molar-refractivity contribution in [3.05, 3.63) is 52.6 Å². The van der Waals surface area contributed by atoms with E-state index in [9.17, 15) is 13.2 Å². The van der Waals surface area contributed by atoms with Crippen molar-refractivity contribution in [2.75, 3.05) is 6.54 Å². The number of carbonyl (C=O) groups is 1. The minimum Gasteiger partial charge on any atom is -0.474 e. The molecule has 0 aliphatic heterocycles. The maximum Gasteiger partial charge on any atom is 0.240 e. The molecule has 3 rings (SSSR count). The predicted molar refractivity (Wildman–Crippen MR) is 113 cm³/mol. The number of amides is 1. The SMILES string of the molecule is O=C(CCNS(=O)(=O)c1ccc(Br)cc1)NCc1cccnc1OC1CCCC1. The quantitative estimate of drug-likeness (QED) is 0.573. The molecule has 0 saturated heterocycles. The van der Waals surface area contributed by atoms with Crippen LogP contribution in [-0.4, -0.2) is 32.0 Å². The van der Waals surface area contributed by atoms with Crippen LogP contribution in [0.25, 0.3) is 0 Å². The Kier molecular flexibility index (Phi) is 7.63. The van der Waals surface area contributed by atoms with Gasteiger partial charge in [0.1, 0.15) is 6.10 Å². The number of ether oxygens (including phenoxy) is 1. The van der Waals surface area contributed by atoms with E-state index in [1.807, 2.05) is 6.07 Å². The summed E-state index contributed by atoms with van der Waals surface area (Å²) in [6.45, 7) is 0.302. The Morgan fingerprint density at radius 3 is 2.62 bits per heavy atom. The number of halogens is 1. The highest BCUT2D eigenvalue weighted by Crippen LogP contribution is 2.25. The largest absolute Gasteiger partial charge is 0.474 e. The molecule has 29 heavy (non-hydrogen) atoms. The Hall–Kier alpha value is -1.97. The number of hydrogen-bond donors (Lipinski definition) is 2. The summed E-state index contributed by atoms with van der Waals surface area (Å²) in [5.41, 5.74) is 0.809. The molecule has 2 N–H and O–H groups in total. The summed E-state index contributed by atoms with van der Waals surface area (Å²) in [6, 6.07) is 9.98. The van der Waals surface area contributed by atoms with E-state index in [1.165, 1.54) is 25.0 Å². The van der Waals surface area contributed by atoms with Crippen molar-refractivity contribution in [2.45, 2.75) is 49.6 Å². The van der Waals surface area contributed by atoms with Gasteiger partial charge in [-0.15, -0.1) is 0 Å². The topological polar surface area (TPSA) is 97.4 Å². The Bertz CT molecular complexity index is 929. The van der Waals surface area contributed by atoms with E-state index >= 15 is 0 Å². The fourth-order valence-electron chi connectivity index (χ4n) is 3.11.